The summed E-state index contributed by atoms with van der Waals surface area (Å²) in [5.74, 6) is 0. The van der Waals surface area contributed by atoms with Gasteiger partial charge >= 0.3 is 6.18 Å². The highest BCUT2D eigenvalue weighted by molar-refractivity contribution is 5.27. The molecule has 0 aromatic heterocycles. The predicted octanol–water partition coefficient (Wildman–Crippen LogP) is 2.70. The van der Waals surface area contributed by atoms with Crippen LogP contribution in [0.3, 0.4) is 0 Å². The minimum absolute atomic E-state index is 0.246. The Morgan fingerprint density at radius 2 is 2.11 bits per heavy atom. The number of aliphatic hydroxyl groups is 1. The van der Waals surface area contributed by atoms with E-state index in [-0.39, 0.29) is 12.5 Å². The Hall–Kier alpha value is -1.07. The first-order valence-electron chi connectivity index (χ1n) is 6.28. The molecule has 1 aliphatic heterocycles. The van der Waals surface area contributed by atoms with Gasteiger partial charge in [0, 0.05) is 19.0 Å². The lowest BCUT2D eigenvalue weighted by Crippen LogP contribution is -2.34. The van der Waals surface area contributed by atoms with E-state index in [4.69, 9.17) is 0 Å². The van der Waals surface area contributed by atoms with Crippen LogP contribution in [-0.2, 0) is 12.6 Å². The van der Waals surface area contributed by atoms with Gasteiger partial charge in [-0.25, -0.2) is 0 Å². The monoisotopic (exact) mass is 273 g/mol. The highest BCUT2D eigenvalue weighted by Crippen LogP contribution is 2.32. The summed E-state index contributed by atoms with van der Waals surface area (Å²) < 4.78 is 37.9. The second-order valence-electron chi connectivity index (χ2n) is 5.57. The van der Waals surface area contributed by atoms with Gasteiger partial charge in [-0.3, -0.25) is 0 Å². The van der Waals surface area contributed by atoms with E-state index in [1.807, 2.05) is 18.9 Å². The van der Waals surface area contributed by atoms with E-state index in [0.29, 0.717) is 18.5 Å². The molecule has 106 valence electrons. The molecule has 0 spiro atoms. The second kappa shape index (κ2) is 4.80. The zero-order chi connectivity index (χ0) is 14.3. The molecule has 1 aromatic rings. The summed E-state index contributed by atoms with van der Waals surface area (Å²) >= 11 is 0. The van der Waals surface area contributed by atoms with Crippen molar-refractivity contribution in [3.05, 3.63) is 35.4 Å². The van der Waals surface area contributed by atoms with Crippen molar-refractivity contribution in [3.8, 4) is 0 Å². The molecule has 5 heteroatoms. The average molecular weight is 273 g/mol. The van der Waals surface area contributed by atoms with Gasteiger partial charge in [-0.15, -0.1) is 0 Å². The molecule has 2 unspecified atom stereocenters. The van der Waals surface area contributed by atoms with Crippen LogP contribution in [0.15, 0.2) is 24.3 Å². The summed E-state index contributed by atoms with van der Waals surface area (Å²) in [5, 5.41) is 10.5. The van der Waals surface area contributed by atoms with Gasteiger partial charge in [0.05, 0.1) is 11.2 Å². The van der Waals surface area contributed by atoms with Crippen LogP contribution >= 0.6 is 0 Å². The number of hydrogen-bond acceptors (Lipinski definition) is 2. The lowest BCUT2D eigenvalue weighted by molar-refractivity contribution is -0.137. The van der Waals surface area contributed by atoms with Crippen LogP contribution in [-0.4, -0.2) is 35.2 Å². The molecular formula is C14H18F3NO. The van der Waals surface area contributed by atoms with Gasteiger partial charge in [-0.2, -0.15) is 13.2 Å². The summed E-state index contributed by atoms with van der Waals surface area (Å²) in [6.45, 7) is 2.49. The molecule has 1 aliphatic rings. The predicted molar refractivity (Wildman–Crippen MR) is 66.8 cm³/mol. The standard InChI is InChI=1S/C14H18F3NO/c1-10-7-13(19,9-18(10)2)8-11-4-3-5-12(6-11)14(15,16)17/h3-6,10,19H,7-9H2,1-2H3. The number of β-amino-alcohol motifs (C(OH)–C–C–N with tert-alkyl or cyclic N) is 1. The van der Waals surface area contributed by atoms with Crippen molar-refractivity contribution in [1.82, 2.24) is 4.90 Å². The van der Waals surface area contributed by atoms with Crippen molar-refractivity contribution in [2.45, 2.75) is 37.6 Å². The van der Waals surface area contributed by atoms with Crippen molar-refractivity contribution < 1.29 is 18.3 Å². The van der Waals surface area contributed by atoms with Crippen LogP contribution < -0.4 is 0 Å². The maximum absolute atomic E-state index is 12.6. The molecule has 0 amide bonds. The van der Waals surface area contributed by atoms with Crippen molar-refractivity contribution >= 4 is 0 Å². The van der Waals surface area contributed by atoms with Crippen LogP contribution in [0.1, 0.15) is 24.5 Å². The molecule has 0 bridgehead atoms. The molecule has 1 fully saturated rings. The third-order valence-electron chi connectivity index (χ3n) is 3.76. The fourth-order valence-corrected chi connectivity index (χ4v) is 2.76. The number of likely N-dealkylation sites (N-methyl/N-ethyl adjacent to an activating group) is 1. The molecule has 1 saturated heterocycles. The Kier molecular flexibility index (Phi) is 3.62. The molecule has 0 aliphatic carbocycles. The number of likely N-dealkylation sites (tertiary alicyclic amines) is 1. The zero-order valence-corrected chi connectivity index (χ0v) is 11.0. The van der Waals surface area contributed by atoms with E-state index in [2.05, 4.69) is 0 Å². The van der Waals surface area contributed by atoms with Crippen LogP contribution in [0.2, 0.25) is 0 Å². The van der Waals surface area contributed by atoms with Gasteiger partial charge in [-0.05, 0) is 32.0 Å². The quantitative estimate of drug-likeness (QED) is 0.895. The number of alkyl halides is 3. The van der Waals surface area contributed by atoms with Crippen molar-refractivity contribution in [2.24, 2.45) is 0 Å². The van der Waals surface area contributed by atoms with Crippen molar-refractivity contribution in [1.29, 1.82) is 0 Å². The topological polar surface area (TPSA) is 23.5 Å². The maximum Gasteiger partial charge on any atom is 0.416 e. The first kappa shape index (κ1) is 14.3. The number of halogens is 3. The third-order valence-corrected chi connectivity index (χ3v) is 3.76. The van der Waals surface area contributed by atoms with Crippen LogP contribution in [0, 0.1) is 0 Å². The van der Waals surface area contributed by atoms with Crippen LogP contribution in [0.4, 0.5) is 13.2 Å². The molecular weight excluding hydrogens is 255 g/mol. The fraction of sp³-hybridized carbons (Fsp3) is 0.571. The van der Waals surface area contributed by atoms with E-state index in [9.17, 15) is 18.3 Å². The van der Waals surface area contributed by atoms with Crippen LogP contribution in [0.5, 0.6) is 0 Å². The van der Waals surface area contributed by atoms with E-state index >= 15 is 0 Å². The Balaban J connectivity index is 2.16. The lowest BCUT2D eigenvalue weighted by atomic mass is 9.91. The Labute approximate surface area is 110 Å². The molecule has 1 heterocycles. The average Bonchev–Trinajstić information content (AvgIpc) is 2.51. The molecule has 2 rings (SSSR count). The summed E-state index contributed by atoms with van der Waals surface area (Å²) in [4.78, 5) is 2.02. The van der Waals surface area contributed by atoms with Crippen molar-refractivity contribution in [3.63, 3.8) is 0 Å². The highest BCUT2D eigenvalue weighted by Gasteiger charge is 2.39. The normalized spacial score (nSPS) is 28.8. The summed E-state index contributed by atoms with van der Waals surface area (Å²) in [7, 11) is 1.91. The molecule has 19 heavy (non-hydrogen) atoms. The number of nitrogens with zero attached hydrogens (tertiary/aromatic N) is 1. The zero-order valence-electron chi connectivity index (χ0n) is 11.0. The van der Waals surface area contributed by atoms with Crippen LogP contribution in [0.25, 0.3) is 0 Å². The van der Waals surface area contributed by atoms with Gasteiger partial charge in [0.2, 0.25) is 0 Å². The first-order chi connectivity index (χ1) is 8.70. The molecule has 2 nitrogen and oxygen atoms in total. The number of rotatable bonds is 2. The van der Waals surface area contributed by atoms with Gasteiger partial charge in [0.1, 0.15) is 0 Å². The molecule has 2 atom stereocenters. The molecule has 0 radical (unpaired) electrons. The van der Waals surface area contributed by atoms with Gasteiger partial charge in [-0.1, -0.05) is 18.2 Å². The van der Waals surface area contributed by atoms with E-state index in [1.165, 1.54) is 6.07 Å². The summed E-state index contributed by atoms with van der Waals surface area (Å²) in [5.41, 5.74) is -1.06. The largest absolute Gasteiger partial charge is 0.416 e. The lowest BCUT2D eigenvalue weighted by Gasteiger charge is -2.22. The first-order valence-corrected chi connectivity index (χ1v) is 6.28. The smallest absolute Gasteiger partial charge is 0.388 e. The van der Waals surface area contributed by atoms with Crippen molar-refractivity contribution in [2.75, 3.05) is 13.6 Å². The minimum atomic E-state index is -4.33. The number of benzene rings is 1. The Bertz CT molecular complexity index is 448. The Morgan fingerprint density at radius 1 is 1.42 bits per heavy atom. The molecule has 1 aromatic carbocycles. The second-order valence-corrected chi connectivity index (χ2v) is 5.57. The van der Waals surface area contributed by atoms with Gasteiger partial charge in [0.15, 0.2) is 0 Å². The minimum Gasteiger partial charge on any atom is -0.388 e. The van der Waals surface area contributed by atoms with Gasteiger partial charge in [0.25, 0.3) is 0 Å². The van der Waals surface area contributed by atoms with E-state index in [1.54, 1.807) is 6.07 Å². The number of hydrogen-bond donors (Lipinski definition) is 1. The SMILES string of the molecule is CC1CC(O)(Cc2cccc(C(F)(F)F)c2)CN1C. The van der Waals surface area contributed by atoms with E-state index in [0.717, 1.165) is 12.1 Å². The molecule has 0 saturated carbocycles. The Morgan fingerprint density at radius 3 is 2.63 bits per heavy atom. The summed E-state index contributed by atoms with van der Waals surface area (Å²) in [6.07, 6.45) is -3.50. The molecule has 1 N–H and O–H groups in total. The fourth-order valence-electron chi connectivity index (χ4n) is 2.76. The van der Waals surface area contributed by atoms with Gasteiger partial charge < -0.3 is 10.0 Å². The highest BCUT2D eigenvalue weighted by atomic mass is 19.4. The maximum atomic E-state index is 12.6. The summed E-state index contributed by atoms with van der Waals surface area (Å²) in [6, 6.07) is 5.45. The van der Waals surface area contributed by atoms with E-state index < -0.39 is 17.3 Å². The third kappa shape index (κ3) is 3.28.